The maximum absolute atomic E-state index is 4.81. The molecule has 1 aromatic heterocycles. The Labute approximate surface area is 119 Å². The summed E-state index contributed by atoms with van der Waals surface area (Å²) in [5, 5.41) is 4.70. The Morgan fingerprint density at radius 1 is 1.00 bits per heavy atom. The molecule has 4 nitrogen and oxygen atoms in total. The number of nitrogens with zero attached hydrogens (tertiary/aromatic N) is 3. The molecule has 0 spiro atoms. The van der Waals surface area contributed by atoms with Gasteiger partial charge in [0, 0.05) is 24.5 Å². The van der Waals surface area contributed by atoms with Crippen LogP contribution in [0.3, 0.4) is 0 Å². The van der Waals surface area contributed by atoms with Crippen LogP contribution < -0.4 is 10.2 Å². The zero-order chi connectivity index (χ0) is 13.4. The van der Waals surface area contributed by atoms with Crippen LogP contribution in [0.5, 0.6) is 0 Å². The number of benzene rings is 1. The van der Waals surface area contributed by atoms with Crippen LogP contribution >= 0.6 is 0 Å². The van der Waals surface area contributed by atoms with Crippen LogP contribution in [0, 0.1) is 0 Å². The second-order valence-corrected chi connectivity index (χ2v) is 5.86. The lowest BCUT2D eigenvalue weighted by atomic mass is 10.1. The van der Waals surface area contributed by atoms with Gasteiger partial charge in [-0.2, -0.15) is 4.98 Å². The van der Waals surface area contributed by atoms with Gasteiger partial charge in [-0.05, 0) is 44.2 Å². The molecule has 0 atom stereocenters. The van der Waals surface area contributed by atoms with E-state index in [0.29, 0.717) is 6.04 Å². The van der Waals surface area contributed by atoms with Crippen molar-refractivity contribution >= 4 is 22.7 Å². The van der Waals surface area contributed by atoms with E-state index in [1.54, 1.807) is 0 Å². The predicted octanol–water partition coefficient (Wildman–Crippen LogP) is 3.19. The number of piperidine rings is 1. The van der Waals surface area contributed by atoms with Crippen molar-refractivity contribution in [3.8, 4) is 0 Å². The number of anilines is 2. The molecule has 4 heteroatoms. The normalized spacial score (nSPS) is 19.3. The molecule has 1 aliphatic carbocycles. The molecule has 0 unspecified atom stereocenters. The molecule has 1 aromatic carbocycles. The fraction of sp³-hybridized carbons (Fsp3) is 0.500. The molecular weight excluding hydrogens is 248 g/mol. The molecule has 1 N–H and O–H groups in total. The summed E-state index contributed by atoms with van der Waals surface area (Å²) in [4.78, 5) is 11.9. The number of para-hydroxylation sites is 1. The van der Waals surface area contributed by atoms with Crippen molar-refractivity contribution < 1.29 is 0 Å². The Balaban J connectivity index is 1.76. The maximum Gasteiger partial charge on any atom is 0.227 e. The van der Waals surface area contributed by atoms with Crippen molar-refractivity contribution in [2.45, 2.75) is 38.1 Å². The summed E-state index contributed by atoms with van der Waals surface area (Å²) >= 11 is 0. The third kappa shape index (κ3) is 2.30. The number of nitrogens with one attached hydrogen (secondary N) is 1. The lowest BCUT2D eigenvalue weighted by molar-refractivity contribution is 0.569. The molecule has 1 saturated carbocycles. The topological polar surface area (TPSA) is 41.1 Å². The van der Waals surface area contributed by atoms with Crippen LogP contribution in [0.4, 0.5) is 11.8 Å². The van der Waals surface area contributed by atoms with Gasteiger partial charge in [0.1, 0.15) is 5.82 Å². The number of hydrogen-bond donors (Lipinski definition) is 1. The standard InChI is InChI=1S/C16H20N4/c1-4-10-20(11-5-1)16-18-14-7-3-2-6-13(14)15(19-16)17-12-8-9-12/h2-3,6-7,12H,1,4-5,8-11H2,(H,17,18,19). The van der Waals surface area contributed by atoms with E-state index >= 15 is 0 Å². The minimum atomic E-state index is 0.613. The summed E-state index contributed by atoms with van der Waals surface area (Å²) in [7, 11) is 0. The average Bonchev–Trinajstić information content (AvgIpc) is 3.32. The molecule has 2 aliphatic rings. The third-order valence-electron chi connectivity index (χ3n) is 4.15. The van der Waals surface area contributed by atoms with Gasteiger partial charge < -0.3 is 10.2 Å². The van der Waals surface area contributed by atoms with Crippen LogP contribution in [0.25, 0.3) is 10.9 Å². The summed E-state index contributed by atoms with van der Waals surface area (Å²) < 4.78 is 0. The van der Waals surface area contributed by atoms with E-state index in [2.05, 4.69) is 34.5 Å². The van der Waals surface area contributed by atoms with E-state index in [0.717, 1.165) is 35.8 Å². The second-order valence-electron chi connectivity index (χ2n) is 5.86. The van der Waals surface area contributed by atoms with Crippen molar-refractivity contribution in [3.05, 3.63) is 24.3 Å². The molecule has 2 aromatic rings. The number of rotatable bonds is 3. The minimum absolute atomic E-state index is 0.613. The van der Waals surface area contributed by atoms with E-state index in [1.807, 2.05) is 0 Å². The Hall–Kier alpha value is -1.84. The van der Waals surface area contributed by atoms with Crippen LogP contribution in [0.15, 0.2) is 24.3 Å². The molecular formula is C16H20N4. The Kier molecular flexibility index (Phi) is 2.94. The molecule has 0 bridgehead atoms. The highest BCUT2D eigenvalue weighted by atomic mass is 15.3. The molecule has 0 radical (unpaired) electrons. The molecule has 0 amide bonds. The number of hydrogen-bond acceptors (Lipinski definition) is 4. The van der Waals surface area contributed by atoms with E-state index in [9.17, 15) is 0 Å². The van der Waals surface area contributed by atoms with Crippen molar-refractivity contribution in [2.24, 2.45) is 0 Å². The third-order valence-corrected chi connectivity index (χ3v) is 4.15. The van der Waals surface area contributed by atoms with Gasteiger partial charge in [-0.25, -0.2) is 4.98 Å². The van der Waals surface area contributed by atoms with Gasteiger partial charge in [0.2, 0.25) is 5.95 Å². The first-order valence-corrected chi connectivity index (χ1v) is 7.68. The smallest absolute Gasteiger partial charge is 0.227 e. The quantitative estimate of drug-likeness (QED) is 0.928. The van der Waals surface area contributed by atoms with Crippen LogP contribution in [0.2, 0.25) is 0 Å². The van der Waals surface area contributed by atoms with Gasteiger partial charge in [-0.15, -0.1) is 0 Å². The fourth-order valence-electron chi connectivity index (χ4n) is 2.83. The predicted molar refractivity (Wildman–Crippen MR) is 82.2 cm³/mol. The molecule has 20 heavy (non-hydrogen) atoms. The molecule has 104 valence electrons. The van der Waals surface area contributed by atoms with Gasteiger partial charge in [0.15, 0.2) is 0 Å². The van der Waals surface area contributed by atoms with Crippen molar-refractivity contribution in [3.63, 3.8) is 0 Å². The second kappa shape index (κ2) is 4.93. The zero-order valence-electron chi connectivity index (χ0n) is 11.7. The highest BCUT2D eigenvalue weighted by Crippen LogP contribution is 2.30. The monoisotopic (exact) mass is 268 g/mol. The molecule has 2 fully saturated rings. The van der Waals surface area contributed by atoms with E-state index in [4.69, 9.17) is 9.97 Å². The van der Waals surface area contributed by atoms with Gasteiger partial charge >= 0.3 is 0 Å². The number of fused-ring (bicyclic) bond motifs is 1. The summed E-state index contributed by atoms with van der Waals surface area (Å²) in [6.45, 7) is 2.17. The van der Waals surface area contributed by atoms with Gasteiger partial charge in [-0.1, -0.05) is 12.1 Å². The van der Waals surface area contributed by atoms with E-state index < -0.39 is 0 Å². The van der Waals surface area contributed by atoms with E-state index in [1.165, 1.54) is 32.1 Å². The zero-order valence-corrected chi connectivity index (χ0v) is 11.7. The molecule has 2 heterocycles. The minimum Gasteiger partial charge on any atom is -0.367 e. The van der Waals surface area contributed by atoms with Gasteiger partial charge in [0.05, 0.1) is 5.52 Å². The Morgan fingerprint density at radius 3 is 2.60 bits per heavy atom. The van der Waals surface area contributed by atoms with E-state index in [-0.39, 0.29) is 0 Å². The summed E-state index contributed by atoms with van der Waals surface area (Å²) in [5.74, 6) is 1.91. The Bertz CT molecular complexity index is 615. The Morgan fingerprint density at radius 2 is 1.80 bits per heavy atom. The van der Waals surface area contributed by atoms with Crippen LogP contribution in [0.1, 0.15) is 32.1 Å². The SMILES string of the molecule is c1ccc2c(NC3CC3)nc(N3CCCCC3)nc2c1. The maximum atomic E-state index is 4.81. The largest absolute Gasteiger partial charge is 0.367 e. The first kappa shape index (κ1) is 11.9. The van der Waals surface area contributed by atoms with Crippen molar-refractivity contribution in [1.82, 2.24) is 9.97 Å². The average molecular weight is 268 g/mol. The molecule has 1 aliphatic heterocycles. The molecule has 4 rings (SSSR count). The number of aromatic nitrogens is 2. The lowest BCUT2D eigenvalue weighted by Gasteiger charge is -2.27. The highest BCUT2D eigenvalue weighted by Gasteiger charge is 2.23. The first-order valence-electron chi connectivity index (χ1n) is 7.68. The van der Waals surface area contributed by atoms with Crippen LogP contribution in [-0.2, 0) is 0 Å². The van der Waals surface area contributed by atoms with Crippen LogP contribution in [-0.4, -0.2) is 29.1 Å². The summed E-state index contributed by atoms with van der Waals surface area (Å²) in [6, 6.07) is 8.92. The van der Waals surface area contributed by atoms with Crippen molar-refractivity contribution in [2.75, 3.05) is 23.3 Å². The molecule has 1 saturated heterocycles. The van der Waals surface area contributed by atoms with Crippen molar-refractivity contribution in [1.29, 1.82) is 0 Å². The lowest BCUT2D eigenvalue weighted by Crippen LogP contribution is -2.31. The summed E-state index contributed by atoms with van der Waals surface area (Å²) in [5.41, 5.74) is 1.05. The highest BCUT2D eigenvalue weighted by molar-refractivity contribution is 5.90. The first-order chi connectivity index (χ1) is 9.90. The van der Waals surface area contributed by atoms with Gasteiger partial charge in [0.25, 0.3) is 0 Å². The summed E-state index contributed by atoms with van der Waals surface area (Å²) in [6.07, 6.45) is 6.36. The van der Waals surface area contributed by atoms with Gasteiger partial charge in [-0.3, -0.25) is 0 Å². The fourth-order valence-corrected chi connectivity index (χ4v) is 2.83.